The normalized spacial score (nSPS) is 10.2. The number of ether oxygens (including phenoxy) is 2. The molecule has 8 nitrogen and oxygen atoms in total. The molecule has 1 N–H and O–H groups in total. The minimum atomic E-state index is -0.648. The maximum atomic E-state index is 12.6. The number of hydrogen-bond acceptors (Lipinski definition) is 6. The number of aromatic amines is 1. The lowest BCUT2D eigenvalue weighted by Gasteiger charge is -2.19. The van der Waals surface area contributed by atoms with Crippen molar-refractivity contribution in [3.63, 3.8) is 0 Å². The van der Waals surface area contributed by atoms with Gasteiger partial charge in [-0.15, -0.1) is 0 Å². The number of esters is 2. The fourth-order valence-electron chi connectivity index (χ4n) is 2.01. The first kappa shape index (κ1) is 18.7. The number of carbonyl (C=O) groups excluding carboxylic acids is 3. The average Bonchev–Trinajstić information content (AvgIpc) is 3.10. The first-order chi connectivity index (χ1) is 11.9. The fourth-order valence-corrected chi connectivity index (χ4v) is 2.27. The number of amides is 1. The molecule has 0 fully saturated rings. The molecule has 0 atom stereocenters. The average molecular weight is 410 g/mol. The van der Waals surface area contributed by atoms with Gasteiger partial charge in [0.15, 0.2) is 0 Å². The number of benzene rings is 1. The van der Waals surface area contributed by atoms with Crippen LogP contribution in [-0.2, 0) is 19.1 Å². The van der Waals surface area contributed by atoms with E-state index in [1.165, 1.54) is 14.2 Å². The van der Waals surface area contributed by atoms with Crippen LogP contribution in [0.2, 0.25) is 0 Å². The van der Waals surface area contributed by atoms with Crippen molar-refractivity contribution in [1.82, 2.24) is 15.1 Å². The zero-order valence-corrected chi connectivity index (χ0v) is 15.2. The van der Waals surface area contributed by atoms with Crippen molar-refractivity contribution in [2.75, 3.05) is 27.3 Å². The Labute approximate surface area is 152 Å². The summed E-state index contributed by atoms with van der Waals surface area (Å²) in [4.78, 5) is 36.6. The zero-order valence-electron chi connectivity index (χ0n) is 13.6. The smallest absolute Gasteiger partial charge is 0.325 e. The highest BCUT2D eigenvalue weighted by atomic mass is 79.9. The Morgan fingerprint density at radius 3 is 2.16 bits per heavy atom. The van der Waals surface area contributed by atoms with Crippen LogP contribution >= 0.6 is 15.9 Å². The van der Waals surface area contributed by atoms with Gasteiger partial charge < -0.3 is 14.4 Å². The van der Waals surface area contributed by atoms with Gasteiger partial charge in [0.25, 0.3) is 5.91 Å². The predicted molar refractivity (Wildman–Crippen MR) is 91.7 cm³/mol. The molecule has 1 aromatic heterocycles. The second kappa shape index (κ2) is 8.43. The van der Waals surface area contributed by atoms with Crippen molar-refractivity contribution in [1.29, 1.82) is 0 Å². The third-order valence-electron chi connectivity index (χ3n) is 3.33. The molecule has 1 heterocycles. The number of nitrogens with zero attached hydrogens (tertiary/aromatic N) is 2. The minimum absolute atomic E-state index is 0.144. The van der Waals surface area contributed by atoms with Gasteiger partial charge in [-0.2, -0.15) is 5.10 Å². The van der Waals surface area contributed by atoms with E-state index in [0.717, 1.165) is 14.9 Å². The third kappa shape index (κ3) is 4.90. The van der Waals surface area contributed by atoms with Crippen LogP contribution in [0, 0.1) is 0 Å². The van der Waals surface area contributed by atoms with E-state index in [-0.39, 0.29) is 18.8 Å². The topological polar surface area (TPSA) is 102 Å². The van der Waals surface area contributed by atoms with E-state index >= 15 is 0 Å². The van der Waals surface area contributed by atoms with Crippen molar-refractivity contribution in [3.05, 3.63) is 40.5 Å². The van der Waals surface area contributed by atoms with Crippen LogP contribution in [0.1, 0.15) is 10.5 Å². The van der Waals surface area contributed by atoms with Gasteiger partial charge in [0, 0.05) is 10.0 Å². The molecule has 2 aromatic rings. The Morgan fingerprint density at radius 2 is 1.64 bits per heavy atom. The van der Waals surface area contributed by atoms with E-state index in [2.05, 4.69) is 35.6 Å². The van der Waals surface area contributed by atoms with Crippen molar-refractivity contribution in [2.24, 2.45) is 0 Å². The summed E-state index contributed by atoms with van der Waals surface area (Å²) in [5.74, 6) is -1.86. The second-order valence-electron chi connectivity index (χ2n) is 4.99. The monoisotopic (exact) mass is 409 g/mol. The highest BCUT2D eigenvalue weighted by Crippen LogP contribution is 2.21. The van der Waals surface area contributed by atoms with Gasteiger partial charge in [-0.3, -0.25) is 19.5 Å². The zero-order chi connectivity index (χ0) is 18.4. The van der Waals surface area contributed by atoms with Crippen LogP contribution in [0.3, 0.4) is 0 Å². The number of methoxy groups -OCH3 is 2. The predicted octanol–water partition coefficient (Wildman–Crippen LogP) is 1.63. The summed E-state index contributed by atoms with van der Waals surface area (Å²) in [6, 6.07) is 8.94. The molecule has 132 valence electrons. The van der Waals surface area contributed by atoms with Crippen molar-refractivity contribution in [2.45, 2.75) is 0 Å². The highest BCUT2D eigenvalue weighted by molar-refractivity contribution is 9.10. The van der Waals surface area contributed by atoms with Crippen LogP contribution in [0.15, 0.2) is 34.8 Å². The summed E-state index contributed by atoms with van der Waals surface area (Å²) < 4.78 is 10.0. The molecule has 0 saturated heterocycles. The quantitative estimate of drug-likeness (QED) is 0.727. The number of carbonyl (C=O) groups is 3. The molecular weight excluding hydrogens is 394 g/mol. The fraction of sp³-hybridized carbons (Fsp3) is 0.250. The van der Waals surface area contributed by atoms with Gasteiger partial charge in [0.05, 0.1) is 19.9 Å². The molecule has 9 heteroatoms. The van der Waals surface area contributed by atoms with E-state index in [0.29, 0.717) is 5.69 Å². The van der Waals surface area contributed by atoms with E-state index in [4.69, 9.17) is 0 Å². The molecule has 0 spiro atoms. The Morgan fingerprint density at radius 1 is 1.08 bits per heavy atom. The number of rotatable bonds is 6. The molecule has 0 bridgehead atoms. The van der Waals surface area contributed by atoms with E-state index in [9.17, 15) is 14.4 Å². The SMILES string of the molecule is COC(=O)CN(CC(=O)OC)C(=O)c1cc(-c2ccc(Br)cc2)n[nH]1. The van der Waals surface area contributed by atoms with Gasteiger partial charge in [0.1, 0.15) is 18.8 Å². The van der Waals surface area contributed by atoms with Crippen LogP contribution < -0.4 is 0 Å². The maximum absolute atomic E-state index is 12.6. The second-order valence-corrected chi connectivity index (χ2v) is 5.90. The van der Waals surface area contributed by atoms with Gasteiger partial charge in [-0.05, 0) is 18.2 Å². The molecule has 0 saturated carbocycles. The summed E-state index contributed by atoms with van der Waals surface area (Å²) in [6.07, 6.45) is 0. The summed E-state index contributed by atoms with van der Waals surface area (Å²) in [5.41, 5.74) is 1.52. The van der Waals surface area contributed by atoms with E-state index in [1.807, 2.05) is 24.3 Å². The van der Waals surface area contributed by atoms with Crippen molar-refractivity contribution in [3.8, 4) is 11.3 Å². The lowest BCUT2D eigenvalue weighted by molar-refractivity contribution is -0.144. The Bertz CT molecular complexity index is 754. The molecule has 2 rings (SSSR count). The molecule has 0 aliphatic carbocycles. The molecule has 0 aliphatic rings. The molecule has 0 radical (unpaired) electrons. The lowest BCUT2D eigenvalue weighted by Crippen LogP contribution is -2.40. The van der Waals surface area contributed by atoms with Crippen LogP contribution in [0.5, 0.6) is 0 Å². The largest absolute Gasteiger partial charge is 0.468 e. The molecule has 1 amide bonds. The van der Waals surface area contributed by atoms with Gasteiger partial charge in [-0.1, -0.05) is 28.1 Å². The van der Waals surface area contributed by atoms with Crippen molar-refractivity contribution >= 4 is 33.8 Å². The van der Waals surface area contributed by atoms with Crippen LogP contribution in [0.25, 0.3) is 11.3 Å². The van der Waals surface area contributed by atoms with Crippen LogP contribution in [-0.4, -0.2) is 60.3 Å². The summed E-state index contributed by atoms with van der Waals surface area (Å²) in [6.45, 7) is -0.756. The molecule has 0 unspecified atom stereocenters. The lowest BCUT2D eigenvalue weighted by atomic mass is 10.1. The van der Waals surface area contributed by atoms with Gasteiger partial charge >= 0.3 is 11.9 Å². The Kier molecular flexibility index (Phi) is 6.29. The highest BCUT2D eigenvalue weighted by Gasteiger charge is 2.24. The number of halogens is 1. The molecule has 25 heavy (non-hydrogen) atoms. The molecule has 0 aliphatic heterocycles. The number of aromatic nitrogens is 2. The third-order valence-corrected chi connectivity index (χ3v) is 3.86. The summed E-state index contributed by atoms with van der Waals surface area (Å²) in [5, 5.41) is 6.72. The van der Waals surface area contributed by atoms with E-state index < -0.39 is 17.8 Å². The first-order valence-corrected chi connectivity index (χ1v) is 7.98. The minimum Gasteiger partial charge on any atom is -0.468 e. The summed E-state index contributed by atoms with van der Waals surface area (Å²) >= 11 is 3.35. The molecule has 1 aromatic carbocycles. The number of H-pyrrole nitrogens is 1. The standard InChI is InChI=1S/C16H16BrN3O5/c1-24-14(21)8-20(9-15(22)25-2)16(23)13-7-12(18-19-13)10-3-5-11(17)6-4-10/h3-7H,8-9H2,1-2H3,(H,18,19). The first-order valence-electron chi connectivity index (χ1n) is 7.19. The Balaban J connectivity index is 2.21. The number of nitrogens with one attached hydrogen (secondary N) is 1. The molecular formula is C16H16BrN3O5. The summed E-state index contributed by atoms with van der Waals surface area (Å²) in [7, 11) is 2.40. The maximum Gasteiger partial charge on any atom is 0.325 e. The number of hydrogen-bond donors (Lipinski definition) is 1. The van der Waals surface area contributed by atoms with Gasteiger partial charge in [-0.25, -0.2) is 0 Å². The van der Waals surface area contributed by atoms with Gasteiger partial charge in [0.2, 0.25) is 0 Å². The van der Waals surface area contributed by atoms with Crippen LogP contribution in [0.4, 0.5) is 0 Å². The Hall–Kier alpha value is -2.68. The van der Waals surface area contributed by atoms with Crippen molar-refractivity contribution < 1.29 is 23.9 Å². The van der Waals surface area contributed by atoms with E-state index in [1.54, 1.807) is 6.07 Å².